The first-order chi connectivity index (χ1) is 9.00. The summed E-state index contributed by atoms with van der Waals surface area (Å²) in [6.07, 6.45) is 5.52. The Balaban J connectivity index is 2.00. The normalized spacial score (nSPS) is 18.0. The molecule has 5 heteroatoms. The highest BCUT2D eigenvalue weighted by atomic mass is 16.6. The number of nitro groups is 1. The van der Waals surface area contributed by atoms with Crippen LogP contribution in [-0.4, -0.2) is 17.1 Å². The lowest BCUT2D eigenvalue weighted by Crippen LogP contribution is -2.47. The summed E-state index contributed by atoms with van der Waals surface area (Å²) in [4.78, 5) is 10.3. The monoisotopic (exact) mass is 264 g/mol. The van der Waals surface area contributed by atoms with Gasteiger partial charge in [-0.1, -0.05) is 19.3 Å². The van der Waals surface area contributed by atoms with Gasteiger partial charge < -0.3 is 10.5 Å². The van der Waals surface area contributed by atoms with E-state index in [1.165, 1.54) is 12.5 Å². The average Bonchev–Trinajstić information content (AvgIpc) is 2.37. The predicted octanol–water partition coefficient (Wildman–Crippen LogP) is 2.94. The van der Waals surface area contributed by atoms with Gasteiger partial charge in [0, 0.05) is 11.6 Å². The molecule has 0 unspecified atom stereocenters. The van der Waals surface area contributed by atoms with E-state index >= 15 is 0 Å². The van der Waals surface area contributed by atoms with E-state index in [0.29, 0.717) is 17.9 Å². The first-order valence-electron chi connectivity index (χ1n) is 6.67. The second-order valence-corrected chi connectivity index (χ2v) is 5.42. The lowest BCUT2D eigenvalue weighted by molar-refractivity contribution is -0.385. The zero-order valence-electron chi connectivity index (χ0n) is 11.2. The van der Waals surface area contributed by atoms with Gasteiger partial charge in [-0.25, -0.2) is 0 Å². The summed E-state index contributed by atoms with van der Waals surface area (Å²) in [5, 5.41) is 10.7. The van der Waals surface area contributed by atoms with E-state index in [2.05, 4.69) is 0 Å². The van der Waals surface area contributed by atoms with Gasteiger partial charge in [0.05, 0.1) is 10.5 Å². The molecule has 1 aliphatic rings. The molecule has 104 valence electrons. The highest BCUT2D eigenvalue weighted by Gasteiger charge is 2.28. The Labute approximate surface area is 112 Å². The van der Waals surface area contributed by atoms with Crippen molar-refractivity contribution in [3.05, 3.63) is 33.9 Å². The third kappa shape index (κ3) is 3.44. The molecular formula is C14H20N2O3. The van der Waals surface area contributed by atoms with Crippen LogP contribution in [0.2, 0.25) is 0 Å². The van der Waals surface area contributed by atoms with Crippen molar-refractivity contribution in [3.63, 3.8) is 0 Å². The summed E-state index contributed by atoms with van der Waals surface area (Å²) in [6.45, 7) is 2.19. The average molecular weight is 264 g/mol. The molecule has 0 atom stereocenters. The first kappa shape index (κ1) is 13.8. The molecule has 1 saturated carbocycles. The predicted molar refractivity (Wildman–Crippen MR) is 73.3 cm³/mol. The molecule has 0 aliphatic heterocycles. The molecule has 0 saturated heterocycles. The van der Waals surface area contributed by atoms with Gasteiger partial charge in [0.2, 0.25) is 0 Å². The van der Waals surface area contributed by atoms with Crippen LogP contribution in [0, 0.1) is 17.0 Å². The molecular weight excluding hydrogens is 244 g/mol. The minimum Gasteiger partial charge on any atom is -0.492 e. The Morgan fingerprint density at radius 2 is 2.05 bits per heavy atom. The highest BCUT2D eigenvalue weighted by molar-refractivity contribution is 5.44. The topological polar surface area (TPSA) is 78.4 Å². The van der Waals surface area contributed by atoms with Gasteiger partial charge in [-0.3, -0.25) is 10.1 Å². The Kier molecular flexibility index (Phi) is 4.04. The van der Waals surface area contributed by atoms with Crippen molar-refractivity contribution in [3.8, 4) is 5.75 Å². The summed E-state index contributed by atoms with van der Waals surface area (Å²) in [5.41, 5.74) is 6.77. The molecule has 2 N–H and O–H groups in total. The zero-order valence-corrected chi connectivity index (χ0v) is 11.2. The maximum atomic E-state index is 10.7. The molecule has 0 aromatic heterocycles. The van der Waals surface area contributed by atoms with Crippen LogP contribution in [0.1, 0.15) is 37.7 Å². The smallest absolute Gasteiger partial charge is 0.272 e. The summed E-state index contributed by atoms with van der Waals surface area (Å²) in [7, 11) is 0. The lowest BCUT2D eigenvalue weighted by Gasteiger charge is -2.33. The Bertz CT molecular complexity index is 468. The number of nitrogens with zero attached hydrogens (tertiary/aromatic N) is 1. The quantitative estimate of drug-likeness (QED) is 0.670. The standard InChI is InChI=1S/C14H20N2O3/c1-11-9-12(5-6-13(11)16(17)18)19-10-14(15)7-3-2-4-8-14/h5-6,9H,2-4,7-8,10,15H2,1H3. The number of nitro benzene ring substituents is 1. The van der Waals surface area contributed by atoms with E-state index in [0.717, 1.165) is 25.7 Å². The second kappa shape index (κ2) is 5.57. The number of benzene rings is 1. The summed E-state index contributed by atoms with van der Waals surface area (Å²) >= 11 is 0. The molecule has 5 nitrogen and oxygen atoms in total. The molecule has 19 heavy (non-hydrogen) atoms. The van der Waals surface area contributed by atoms with Crippen molar-refractivity contribution in [1.29, 1.82) is 0 Å². The fraction of sp³-hybridized carbons (Fsp3) is 0.571. The number of hydrogen-bond donors (Lipinski definition) is 1. The maximum Gasteiger partial charge on any atom is 0.272 e. The minimum atomic E-state index is -0.384. The van der Waals surface area contributed by atoms with E-state index in [4.69, 9.17) is 10.5 Å². The molecule has 0 radical (unpaired) electrons. The Morgan fingerprint density at radius 3 is 2.63 bits per heavy atom. The number of hydrogen-bond acceptors (Lipinski definition) is 4. The molecule has 1 aromatic rings. The summed E-state index contributed by atoms with van der Waals surface area (Å²) in [6, 6.07) is 4.82. The van der Waals surface area contributed by atoms with Gasteiger partial charge in [-0.05, 0) is 31.9 Å². The molecule has 2 rings (SSSR count). The molecule has 0 amide bonds. The molecule has 0 heterocycles. The van der Waals surface area contributed by atoms with Crippen molar-refractivity contribution < 1.29 is 9.66 Å². The van der Waals surface area contributed by atoms with Crippen LogP contribution in [0.15, 0.2) is 18.2 Å². The fourth-order valence-electron chi connectivity index (χ4n) is 2.55. The largest absolute Gasteiger partial charge is 0.492 e. The van der Waals surface area contributed by atoms with Crippen molar-refractivity contribution in [2.75, 3.05) is 6.61 Å². The first-order valence-corrected chi connectivity index (χ1v) is 6.67. The summed E-state index contributed by atoms with van der Waals surface area (Å²) in [5.74, 6) is 0.651. The summed E-state index contributed by atoms with van der Waals surface area (Å²) < 4.78 is 5.72. The number of rotatable bonds is 4. The highest BCUT2D eigenvalue weighted by Crippen LogP contribution is 2.28. The van der Waals surface area contributed by atoms with Crippen LogP contribution < -0.4 is 10.5 Å². The second-order valence-electron chi connectivity index (χ2n) is 5.42. The van der Waals surface area contributed by atoms with Gasteiger partial charge in [0.25, 0.3) is 5.69 Å². The molecule has 1 aromatic carbocycles. The van der Waals surface area contributed by atoms with Crippen molar-refractivity contribution in [2.24, 2.45) is 5.73 Å². The number of ether oxygens (including phenoxy) is 1. The van der Waals surface area contributed by atoms with Gasteiger partial charge in [-0.15, -0.1) is 0 Å². The SMILES string of the molecule is Cc1cc(OCC2(N)CCCCC2)ccc1[N+](=O)[O-]. The van der Waals surface area contributed by atoms with Gasteiger partial charge in [-0.2, -0.15) is 0 Å². The van der Waals surface area contributed by atoms with Crippen LogP contribution in [0.3, 0.4) is 0 Å². The fourth-order valence-corrected chi connectivity index (χ4v) is 2.55. The minimum absolute atomic E-state index is 0.118. The number of aryl methyl sites for hydroxylation is 1. The van der Waals surface area contributed by atoms with E-state index in [1.807, 2.05) is 0 Å². The molecule has 1 fully saturated rings. The van der Waals surface area contributed by atoms with Crippen molar-refractivity contribution in [1.82, 2.24) is 0 Å². The van der Waals surface area contributed by atoms with E-state index in [9.17, 15) is 10.1 Å². The third-order valence-corrected chi connectivity index (χ3v) is 3.74. The zero-order chi connectivity index (χ0) is 13.9. The van der Waals surface area contributed by atoms with Crippen molar-refractivity contribution in [2.45, 2.75) is 44.6 Å². The van der Waals surface area contributed by atoms with E-state index < -0.39 is 0 Å². The van der Waals surface area contributed by atoms with Crippen LogP contribution in [-0.2, 0) is 0 Å². The van der Waals surface area contributed by atoms with Crippen LogP contribution in [0.25, 0.3) is 0 Å². The van der Waals surface area contributed by atoms with Gasteiger partial charge >= 0.3 is 0 Å². The third-order valence-electron chi connectivity index (χ3n) is 3.74. The Morgan fingerprint density at radius 1 is 1.37 bits per heavy atom. The van der Waals surface area contributed by atoms with Crippen LogP contribution >= 0.6 is 0 Å². The maximum absolute atomic E-state index is 10.7. The molecule has 0 spiro atoms. The number of nitrogens with two attached hydrogens (primary N) is 1. The van der Waals surface area contributed by atoms with Crippen LogP contribution in [0.5, 0.6) is 5.75 Å². The molecule has 1 aliphatic carbocycles. The Hall–Kier alpha value is -1.62. The van der Waals surface area contributed by atoms with Crippen LogP contribution in [0.4, 0.5) is 5.69 Å². The van der Waals surface area contributed by atoms with E-state index in [-0.39, 0.29) is 16.1 Å². The molecule has 0 bridgehead atoms. The van der Waals surface area contributed by atoms with Crippen molar-refractivity contribution >= 4 is 5.69 Å². The lowest BCUT2D eigenvalue weighted by atomic mass is 9.83. The van der Waals surface area contributed by atoms with E-state index in [1.54, 1.807) is 19.1 Å². The van der Waals surface area contributed by atoms with Gasteiger partial charge in [0.1, 0.15) is 12.4 Å². The van der Waals surface area contributed by atoms with Gasteiger partial charge in [0.15, 0.2) is 0 Å².